The van der Waals surface area contributed by atoms with Gasteiger partial charge in [-0.2, -0.15) is 5.10 Å². The number of hydrogen-bond acceptors (Lipinski definition) is 6. The minimum absolute atomic E-state index is 0.0128. The standard InChI is InChI=1S/C22H31N7O3/c1-5-16-13-27(10-11-28(16)21(31)14(2)3)12-15-6-7-17-19(23-15)26(4)25-20(17)29-9-8-18(30)24-22(29)32/h6-7,14,16H,5,8-13H2,1-4H3,(H,24,30,32)/t16-/m0/s1. The van der Waals surface area contributed by atoms with E-state index < -0.39 is 6.03 Å². The number of aromatic nitrogens is 3. The molecule has 0 bridgehead atoms. The van der Waals surface area contributed by atoms with Crippen LogP contribution in [0.5, 0.6) is 0 Å². The highest BCUT2D eigenvalue weighted by molar-refractivity contribution is 6.08. The molecular weight excluding hydrogens is 410 g/mol. The Morgan fingerprint density at radius 2 is 2.00 bits per heavy atom. The van der Waals surface area contributed by atoms with E-state index in [2.05, 4.69) is 22.2 Å². The second kappa shape index (κ2) is 8.85. The minimum atomic E-state index is -0.454. The summed E-state index contributed by atoms with van der Waals surface area (Å²) in [5, 5.41) is 7.61. The van der Waals surface area contributed by atoms with Crippen molar-refractivity contribution in [1.82, 2.24) is 29.9 Å². The molecule has 32 heavy (non-hydrogen) atoms. The zero-order valence-corrected chi connectivity index (χ0v) is 19.2. The molecule has 0 unspecified atom stereocenters. The molecule has 2 saturated heterocycles. The van der Waals surface area contributed by atoms with E-state index in [9.17, 15) is 14.4 Å². The molecule has 1 N–H and O–H groups in total. The predicted molar refractivity (Wildman–Crippen MR) is 120 cm³/mol. The van der Waals surface area contributed by atoms with Gasteiger partial charge < -0.3 is 4.90 Å². The number of anilines is 1. The summed E-state index contributed by atoms with van der Waals surface area (Å²) in [6, 6.07) is 3.67. The maximum atomic E-state index is 12.5. The molecule has 2 aromatic heterocycles. The summed E-state index contributed by atoms with van der Waals surface area (Å²) in [6.45, 7) is 9.39. The van der Waals surface area contributed by atoms with Gasteiger partial charge in [-0.25, -0.2) is 14.5 Å². The average molecular weight is 442 g/mol. The highest BCUT2D eigenvalue weighted by Gasteiger charge is 2.31. The number of rotatable bonds is 5. The van der Waals surface area contributed by atoms with E-state index in [1.165, 1.54) is 4.90 Å². The molecule has 10 heteroatoms. The number of amides is 4. The van der Waals surface area contributed by atoms with Crippen LogP contribution in [0, 0.1) is 5.92 Å². The summed E-state index contributed by atoms with van der Waals surface area (Å²) in [7, 11) is 1.80. The van der Waals surface area contributed by atoms with Crippen molar-refractivity contribution < 1.29 is 14.4 Å². The van der Waals surface area contributed by atoms with Gasteiger partial charge in [-0.3, -0.25) is 24.7 Å². The van der Waals surface area contributed by atoms with Gasteiger partial charge in [-0.1, -0.05) is 20.8 Å². The lowest BCUT2D eigenvalue weighted by Crippen LogP contribution is -2.55. The smallest absolute Gasteiger partial charge is 0.329 e. The van der Waals surface area contributed by atoms with E-state index in [1.807, 2.05) is 30.9 Å². The van der Waals surface area contributed by atoms with Crippen molar-refractivity contribution >= 4 is 34.7 Å². The van der Waals surface area contributed by atoms with Gasteiger partial charge in [-0.15, -0.1) is 0 Å². The van der Waals surface area contributed by atoms with Crippen molar-refractivity contribution in [3.63, 3.8) is 0 Å². The SMILES string of the molecule is CC[C@H]1CN(Cc2ccc3c(N4CCC(=O)NC4=O)nn(C)c3n2)CCN1C(=O)C(C)C. The summed E-state index contributed by atoms with van der Waals surface area (Å²) < 4.78 is 1.67. The molecule has 2 aliphatic heterocycles. The molecule has 2 fully saturated rings. The van der Waals surface area contributed by atoms with Crippen LogP contribution in [0.25, 0.3) is 11.0 Å². The van der Waals surface area contributed by atoms with Gasteiger partial charge in [0.05, 0.1) is 11.1 Å². The first-order chi connectivity index (χ1) is 15.3. The van der Waals surface area contributed by atoms with Crippen LogP contribution >= 0.6 is 0 Å². The number of piperazine rings is 1. The summed E-state index contributed by atoms with van der Waals surface area (Å²) in [5.74, 6) is 0.478. The van der Waals surface area contributed by atoms with Crippen molar-refractivity contribution in [2.75, 3.05) is 31.1 Å². The second-order valence-corrected chi connectivity index (χ2v) is 8.86. The fourth-order valence-electron chi connectivity index (χ4n) is 4.47. The molecule has 0 saturated carbocycles. The first-order valence-corrected chi connectivity index (χ1v) is 11.2. The van der Waals surface area contributed by atoms with Gasteiger partial charge in [0.15, 0.2) is 11.5 Å². The van der Waals surface area contributed by atoms with Gasteiger partial charge in [0.25, 0.3) is 0 Å². The number of imide groups is 1. The van der Waals surface area contributed by atoms with Crippen LogP contribution in [0.3, 0.4) is 0 Å². The Balaban J connectivity index is 1.50. The summed E-state index contributed by atoms with van der Waals surface area (Å²) in [6.07, 6.45) is 1.17. The van der Waals surface area contributed by atoms with Gasteiger partial charge >= 0.3 is 6.03 Å². The van der Waals surface area contributed by atoms with Crippen molar-refractivity contribution in [2.24, 2.45) is 13.0 Å². The Kier molecular flexibility index (Phi) is 6.14. The topological polar surface area (TPSA) is 104 Å². The van der Waals surface area contributed by atoms with E-state index in [4.69, 9.17) is 4.98 Å². The number of urea groups is 1. The molecule has 2 aromatic rings. The molecule has 10 nitrogen and oxygen atoms in total. The van der Waals surface area contributed by atoms with E-state index >= 15 is 0 Å². The molecule has 172 valence electrons. The molecule has 4 heterocycles. The summed E-state index contributed by atoms with van der Waals surface area (Å²) >= 11 is 0. The molecule has 0 aliphatic carbocycles. The van der Waals surface area contributed by atoms with Crippen LogP contribution in [0.1, 0.15) is 39.3 Å². The third kappa shape index (κ3) is 4.19. The van der Waals surface area contributed by atoms with Gasteiger partial charge in [-0.05, 0) is 18.6 Å². The molecule has 0 aromatic carbocycles. The number of carbonyl (C=O) groups is 3. The second-order valence-electron chi connectivity index (χ2n) is 8.86. The zero-order valence-electron chi connectivity index (χ0n) is 19.2. The monoisotopic (exact) mass is 441 g/mol. The Morgan fingerprint density at radius 1 is 1.22 bits per heavy atom. The fourth-order valence-corrected chi connectivity index (χ4v) is 4.47. The Morgan fingerprint density at radius 3 is 2.69 bits per heavy atom. The van der Waals surface area contributed by atoms with Gasteiger partial charge in [0, 0.05) is 58.2 Å². The number of aryl methyl sites for hydroxylation is 1. The van der Waals surface area contributed by atoms with E-state index in [0.717, 1.165) is 37.1 Å². The Labute approximate surface area is 187 Å². The number of carbonyl (C=O) groups excluding carboxylic acids is 3. The third-order valence-electron chi connectivity index (χ3n) is 6.24. The number of hydrogen-bond donors (Lipinski definition) is 1. The maximum absolute atomic E-state index is 12.5. The van der Waals surface area contributed by atoms with Gasteiger partial charge in [0.1, 0.15) is 0 Å². The average Bonchev–Trinajstić information content (AvgIpc) is 3.08. The molecular formula is C22H31N7O3. The first kappa shape index (κ1) is 22.2. The maximum Gasteiger partial charge on any atom is 0.329 e. The fraction of sp³-hybridized carbons (Fsp3) is 0.591. The Hall–Kier alpha value is -3.01. The molecule has 4 amide bonds. The zero-order chi connectivity index (χ0) is 23.0. The van der Waals surface area contributed by atoms with Crippen LogP contribution in [-0.2, 0) is 23.2 Å². The lowest BCUT2D eigenvalue weighted by atomic mass is 10.1. The van der Waals surface area contributed by atoms with Crippen LogP contribution < -0.4 is 10.2 Å². The summed E-state index contributed by atoms with van der Waals surface area (Å²) in [5.41, 5.74) is 1.62. The summed E-state index contributed by atoms with van der Waals surface area (Å²) in [4.78, 5) is 46.9. The van der Waals surface area contributed by atoms with E-state index in [0.29, 0.717) is 24.6 Å². The van der Waals surface area contributed by atoms with Crippen LogP contribution in [-0.4, -0.2) is 74.6 Å². The van der Waals surface area contributed by atoms with Crippen molar-refractivity contribution in [3.8, 4) is 0 Å². The minimum Gasteiger partial charge on any atom is -0.337 e. The molecule has 0 radical (unpaired) electrons. The quantitative estimate of drug-likeness (QED) is 0.754. The Bertz CT molecular complexity index is 1050. The predicted octanol–water partition coefficient (Wildman–Crippen LogP) is 1.49. The third-order valence-corrected chi connectivity index (χ3v) is 6.24. The van der Waals surface area contributed by atoms with Crippen LogP contribution in [0.2, 0.25) is 0 Å². The van der Waals surface area contributed by atoms with E-state index in [1.54, 1.807) is 11.7 Å². The first-order valence-electron chi connectivity index (χ1n) is 11.2. The molecule has 4 rings (SSSR count). The van der Waals surface area contributed by atoms with Crippen molar-refractivity contribution in [2.45, 2.75) is 46.2 Å². The molecule has 2 aliphatic rings. The highest BCUT2D eigenvalue weighted by atomic mass is 16.2. The van der Waals surface area contributed by atoms with Crippen LogP contribution in [0.15, 0.2) is 12.1 Å². The van der Waals surface area contributed by atoms with Crippen molar-refractivity contribution in [1.29, 1.82) is 0 Å². The van der Waals surface area contributed by atoms with Crippen molar-refractivity contribution in [3.05, 3.63) is 17.8 Å². The molecule has 0 spiro atoms. The number of nitrogens with one attached hydrogen (secondary N) is 1. The van der Waals surface area contributed by atoms with E-state index in [-0.39, 0.29) is 30.2 Å². The largest absolute Gasteiger partial charge is 0.337 e. The normalized spacial score (nSPS) is 20.3. The van der Waals surface area contributed by atoms with Gasteiger partial charge in [0.2, 0.25) is 11.8 Å². The number of fused-ring (bicyclic) bond motifs is 1. The lowest BCUT2D eigenvalue weighted by molar-refractivity contribution is -0.139. The lowest BCUT2D eigenvalue weighted by Gasteiger charge is -2.42. The number of nitrogens with zero attached hydrogens (tertiary/aromatic N) is 6. The molecule has 1 atom stereocenters. The van der Waals surface area contributed by atoms with Crippen LogP contribution in [0.4, 0.5) is 10.6 Å². The highest BCUT2D eigenvalue weighted by Crippen LogP contribution is 2.27. The number of pyridine rings is 1.